The van der Waals surface area contributed by atoms with Crippen LogP contribution in [0.3, 0.4) is 0 Å². The van der Waals surface area contributed by atoms with Crippen molar-refractivity contribution in [2.24, 2.45) is 10.9 Å². The smallest absolute Gasteiger partial charge is 0.416 e. The fraction of sp³-hybridized carbons (Fsp3) is 0.133. The molecule has 110 valence electrons. The summed E-state index contributed by atoms with van der Waals surface area (Å²) in [7, 11) is 0. The molecule has 0 aliphatic rings. The van der Waals surface area contributed by atoms with Gasteiger partial charge < -0.3 is 10.6 Å². The second-order valence-electron chi connectivity index (χ2n) is 4.30. The lowest BCUT2D eigenvalue weighted by Gasteiger charge is -2.11. The van der Waals surface area contributed by atoms with Gasteiger partial charge in [-0.15, -0.1) is 0 Å². The van der Waals surface area contributed by atoms with Crippen LogP contribution >= 0.6 is 0 Å². The van der Waals surface area contributed by atoms with Gasteiger partial charge in [-0.3, -0.25) is 0 Å². The Kier molecular flexibility index (Phi) is 4.47. The van der Waals surface area contributed by atoms with E-state index in [-0.39, 0.29) is 6.61 Å². The molecular formula is C15H13F3N2O. The van der Waals surface area contributed by atoms with E-state index in [0.29, 0.717) is 16.9 Å². The van der Waals surface area contributed by atoms with Crippen molar-refractivity contribution in [3.8, 4) is 5.75 Å². The molecule has 0 aromatic heterocycles. The first kappa shape index (κ1) is 14.9. The van der Waals surface area contributed by atoms with E-state index in [2.05, 4.69) is 5.10 Å². The minimum atomic E-state index is -4.36. The van der Waals surface area contributed by atoms with Crippen LogP contribution in [0.5, 0.6) is 5.75 Å². The average molecular weight is 294 g/mol. The SMILES string of the molecule is NN=Cc1ccccc1OCc1cccc(C(F)(F)F)c1. The van der Waals surface area contributed by atoms with Gasteiger partial charge in [0.15, 0.2) is 0 Å². The number of rotatable bonds is 4. The maximum atomic E-state index is 12.6. The highest BCUT2D eigenvalue weighted by atomic mass is 19.4. The van der Waals surface area contributed by atoms with Crippen LogP contribution in [0.15, 0.2) is 53.6 Å². The third kappa shape index (κ3) is 3.98. The zero-order valence-electron chi connectivity index (χ0n) is 11.0. The number of para-hydroxylation sites is 1. The Morgan fingerprint density at radius 2 is 1.86 bits per heavy atom. The van der Waals surface area contributed by atoms with Gasteiger partial charge in [0.1, 0.15) is 12.4 Å². The molecule has 0 unspecified atom stereocenters. The minimum absolute atomic E-state index is 0.0271. The highest BCUT2D eigenvalue weighted by Crippen LogP contribution is 2.29. The van der Waals surface area contributed by atoms with Crippen LogP contribution in [0, 0.1) is 0 Å². The maximum Gasteiger partial charge on any atom is 0.416 e. The minimum Gasteiger partial charge on any atom is -0.488 e. The maximum absolute atomic E-state index is 12.6. The molecule has 3 nitrogen and oxygen atoms in total. The molecule has 2 aromatic rings. The average Bonchev–Trinajstić information content (AvgIpc) is 2.46. The van der Waals surface area contributed by atoms with Crippen molar-refractivity contribution in [2.75, 3.05) is 0 Å². The molecule has 2 aromatic carbocycles. The van der Waals surface area contributed by atoms with Crippen LogP contribution in [-0.4, -0.2) is 6.21 Å². The van der Waals surface area contributed by atoms with Crippen LogP contribution in [0.25, 0.3) is 0 Å². The molecule has 0 spiro atoms. The topological polar surface area (TPSA) is 47.6 Å². The van der Waals surface area contributed by atoms with Gasteiger partial charge in [-0.05, 0) is 29.8 Å². The predicted molar refractivity (Wildman–Crippen MR) is 74.0 cm³/mol. The second-order valence-corrected chi connectivity index (χ2v) is 4.30. The van der Waals surface area contributed by atoms with Crippen molar-refractivity contribution in [3.05, 3.63) is 65.2 Å². The van der Waals surface area contributed by atoms with Gasteiger partial charge in [0.25, 0.3) is 0 Å². The molecule has 0 aliphatic heterocycles. The number of nitrogens with zero attached hydrogens (tertiary/aromatic N) is 1. The van der Waals surface area contributed by atoms with E-state index in [0.717, 1.165) is 12.1 Å². The van der Waals surface area contributed by atoms with Crippen LogP contribution in [0.1, 0.15) is 16.7 Å². The standard InChI is InChI=1S/C15H13F3N2O/c16-15(17,18)13-6-3-4-11(8-13)10-21-14-7-2-1-5-12(14)9-20-19/h1-9H,10,19H2. The Balaban J connectivity index is 2.14. The summed E-state index contributed by atoms with van der Waals surface area (Å²) in [5, 5.41) is 3.41. The lowest BCUT2D eigenvalue weighted by molar-refractivity contribution is -0.137. The molecule has 2 N–H and O–H groups in total. The van der Waals surface area contributed by atoms with E-state index in [1.165, 1.54) is 12.3 Å². The van der Waals surface area contributed by atoms with Crippen LogP contribution in [0.4, 0.5) is 13.2 Å². The molecule has 0 bridgehead atoms. The van der Waals surface area contributed by atoms with Crippen LogP contribution in [-0.2, 0) is 12.8 Å². The lowest BCUT2D eigenvalue weighted by atomic mass is 10.1. The zero-order valence-corrected chi connectivity index (χ0v) is 11.0. The largest absolute Gasteiger partial charge is 0.488 e. The van der Waals surface area contributed by atoms with E-state index in [1.807, 2.05) is 0 Å². The Bertz CT molecular complexity index is 639. The number of ether oxygens (including phenoxy) is 1. The van der Waals surface area contributed by atoms with Gasteiger partial charge in [0.2, 0.25) is 0 Å². The number of hydrogen-bond acceptors (Lipinski definition) is 3. The predicted octanol–water partition coefficient (Wildman–Crippen LogP) is 3.58. The Morgan fingerprint density at radius 3 is 2.57 bits per heavy atom. The number of halogens is 3. The summed E-state index contributed by atoms with van der Waals surface area (Å²) < 4.78 is 43.4. The first-order chi connectivity index (χ1) is 10.0. The highest BCUT2D eigenvalue weighted by Gasteiger charge is 2.30. The fourth-order valence-corrected chi connectivity index (χ4v) is 1.80. The number of alkyl halides is 3. The van der Waals surface area contributed by atoms with E-state index < -0.39 is 11.7 Å². The molecule has 0 aliphatic carbocycles. The molecule has 0 heterocycles. The quantitative estimate of drug-likeness (QED) is 0.532. The summed E-state index contributed by atoms with van der Waals surface area (Å²) in [6.07, 6.45) is -2.94. The summed E-state index contributed by atoms with van der Waals surface area (Å²) in [6, 6.07) is 12.0. The molecule has 6 heteroatoms. The summed E-state index contributed by atoms with van der Waals surface area (Å²) in [4.78, 5) is 0. The molecule has 0 saturated heterocycles. The van der Waals surface area contributed by atoms with E-state index >= 15 is 0 Å². The second kappa shape index (κ2) is 6.30. The zero-order chi connectivity index (χ0) is 15.3. The normalized spacial score (nSPS) is 11.8. The van der Waals surface area contributed by atoms with Crippen molar-refractivity contribution >= 4 is 6.21 Å². The van der Waals surface area contributed by atoms with Crippen LogP contribution < -0.4 is 10.6 Å². The van der Waals surface area contributed by atoms with Gasteiger partial charge in [-0.2, -0.15) is 18.3 Å². The van der Waals surface area contributed by atoms with Crippen molar-refractivity contribution in [1.29, 1.82) is 0 Å². The molecule has 2 rings (SSSR count). The number of hydrogen-bond donors (Lipinski definition) is 1. The van der Waals surface area contributed by atoms with Crippen molar-refractivity contribution in [2.45, 2.75) is 12.8 Å². The van der Waals surface area contributed by atoms with Gasteiger partial charge in [0, 0.05) is 5.56 Å². The summed E-state index contributed by atoms with van der Waals surface area (Å²) >= 11 is 0. The third-order valence-electron chi connectivity index (χ3n) is 2.78. The van der Waals surface area contributed by atoms with E-state index in [4.69, 9.17) is 10.6 Å². The summed E-state index contributed by atoms with van der Waals surface area (Å²) in [5.74, 6) is 5.60. The highest BCUT2D eigenvalue weighted by molar-refractivity contribution is 5.83. The van der Waals surface area contributed by atoms with E-state index in [9.17, 15) is 13.2 Å². The Labute approximate surface area is 119 Å². The van der Waals surface area contributed by atoms with Gasteiger partial charge in [-0.1, -0.05) is 24.3 Å². The molecule has 0 saturated carbocycles. The van der Waals surface area contributed by atoms with Gasteiger partial charge in [-0.25, -0.2) is 0 Å². The third-order valence-corrected chi connectivity index (χ3v) is 2.78. The fourth-order valence-electron chi connectivity index (χ4n) is 1.80. The van der Waals surface area contributed by atoms with Crippen LogP contribution in [0.2, 0.25) is 0 Å². The van der Waals surface area contributed by atoms with Crippen molar-refractivity contribution in [3.63, 3.8) is 0 Å². The number of hydrazone groups is 1. The van der Waals surface area contributed by atoms with Gasteiger partial charge in [0.05, 0.1) is 11.8 Å². The number of benzene rings is 2. The Morgan fingerprint density at radius 1 is 1.10 bits per heavy atom. The van der Waals surface area contributed by atoms with E-state index in [1.54, 1.807) is 30.3 Å². The number of nitrogens with two attached hydrogens (primary N) is 1. The molecule has 21 heavy (non-hydrogen) atoms. The molecule has 0 amide bonds. The lowest BCUT2D eigenvalue weighted by Crippen LogP contribution is -2.06. The first-order valence-corrected chi connectivity index (χ1v) is 6.12. The summed E-state index contributed by atoms with van der Waals surface area (Å²) in [5.41, 5.74) is 0.400. The van der Waals surface area contributed by atoms with Gasteiger partial charge >= 0.3 is 6.18 Å². The molecule has 0 atom stereocenters. The molecule has 0 fully saturated rings. The summed E-state index contributed by atoms with van der Waals surface area (Å²) in [6.45, 7) is 0.0271. The Hall–Kier alpha value is -2.50. The van der Waals surface area contributed by atoms with Crippen molar-refractivity contribution < 1.29 is 17.9 Å². The first-order valence-electron chi connectivity index (χ1n) is 6.12. The van der Waals surface area contributed by atoms with Crippen molar-refractivity contribution in [1.82, 2.24) is 0 Å². The molecule has 0 radical (unpaired) electrons. The monoisotopic (exact) mass is 294 g/mol. The molecular weight excluding hydrogens is 281 g/mol.